The summed E-state index contributed by atoms with van der Waals surface area (Å²) in [6.07, 6.45) is 3.84. The minimum atomic E-state index is 0.0618. The average molecular weight is 336 g/mol. The Labute approximate surface area is 138 Å². The number of anilines is 1. The van der Waals surface area contributed by atoms with Crippen LogP contribution in [0.25, 0.3) is 0 Å². The predicted molar refractivity (Wildman–Crippen MR) is 91.3 cm³/mol. The van der Waals surface area contributed by atoms with Gasteiger partial charge in [0.25, 0.3) is 5.91 Å². The standard InChI is InChI=1S/C15H20N4OS2/c1-10-2-3-13(21-10)14(20)18-11-4-6-19(7-5-11)9-12-8-17-15(16)22-12/h2-3,8,11H,4-7,9H2,1H3,(H2,16,17)(H,18,20). The summed E-state index contributed by atoms with van der Waals surface area (Å²) in [7, 11) is 0. The van der Waals surface area contributed by atoms with Crippen molar-refractivity contribution in [2.45, 2.75) is 32.4 Å². The number of hydrogen-bond donors (Lipinski definition) is 2. The van der Waals surface area contributed by atoms with Crippen molar-refractivity contribution in [3.8, 4) is 0 Å². The number of likely N-dealkylation sites (tertiary alicyclic amines) is 1. The Bertz CT molecular complexity index is 644. The molecule has 1 amide bonds. The summed E-state index contributed by atoms with van der Waals surface area (Å²) >= 11 is 3.10. The van der Waals surface area contributed by atoms with Crippen LogP contribution in [0.15, 0.2) is 18.3 Å². The van der Waals surface area contributed by atoms with Crippen LogP contribution in [0, 0.1) is 6.92 Å². The van der Waals surface area contributed by atoms with Crippen molar-refractivity contribution in [1.29, 1.82) is 0 Å². The number of nitrogens with one attached hydrogen (secondary N) is 1. The van der Waals surface area contributed by atoms with E-state index in [0.29, 0.717) is 5.13 Å². The fourth-order valence-electron chi connectivity index (χ4n) is 2.66. The summed E-state index contributed by atoms with van der Waals surface area (Å²) in [5.41, 5.74) is 5.66. The van der Waals surface area contributed by atoms with Gasteiger partial charge in [-0.05, 0) is 31.9 Å². The van der Waals surface area contributed by atoms with Gasteiger partial charge in [0.05, 0.1) is 4.88 Å². The molecule has 22 heavy (non-hydrogen) atoms. The van der Waals surface area contributed by atoms with E-state index < -0.39 is 0 Å². The minimum absolute atomic E-state index is 0.0618. The molecule has 1 fully saturated rings. The molecular formula is C15H20N4OS2. The molecule has 118 valence electrons. The first-order valence-corrected chi connectivity index (χ1v) is 9.03. The van der Waals surface area contributed by atoms with Crippen molar-refractivity contribution < 1.29 is 4.79 Å². The quantitative estimate of drug-likeness (QED) is 0.900. The van der Waals surface area contributed by atoms with Gasteiger partial charge in [0.2, 0.25) is 0 Å². The Morgan fingerprint density at radius 2 is 2.18 bits per heavy atom. The summed E-state index contributed by atoms with van der Waals surface area (Å²) in [6, 6.07) is 4.17. The maximum Gasteiger partial charge on any atom is 0.261 e. The van der Waals surface area contributed by atoms with Gasteiger partial charge in [-0.3, -0.25) is 9.69 Å². The number of nitrogens with zero attached hydrogens (tertiary/aromatic N) is 2. The first kappa shape index (κ1) is 15.5. The third kappa shape index (κ3) is 3.85. The number of rotatable bonds is 4. The number of thiophene rings is 1. The number of thiazole rings is 1. The van der Waals surface area contributed by atoms with Gasteiger partial charge in [-0.2, -0.15) is 0 Å². The van der Waals surface area contributed by atoms with Crippen molar-refractivity contribution in [2.75, 3.05) is 18.8 Å². The number of nitrogens with two attached hydrogens (primary N) is 1. The lowest BCUT2D eigenvalue weighted by Crippen LogP contribution is -2.44. The van der Waals surface area contributed by atoms with Crippen LogP contribution in [-0.4, -0.2) is 34.9 Å². The van der Waals surface area contributed by atoms with Crippen molar-refractivity contribution in [3.63, 3.8) is 0 Å². The molecule has 5 nitrogen and oxygen atoms in total. The Kier molecular flexibility index (Phi) is 4.75. The lowest BCUT2D eigenvalue weighted by atomic mass is 10.0. The highest BCUT2D eigenvalue weighted by atomic mass is 32.1. The molecule has 0 aromatic carbocycles. The lowest BCUT2D eigenvalue weighted by Gasteiger charge is -2.31. The largest absolute Gasteiger partial charge is 0.375 e. The topological polar surface area (TPSA) is 71.2 Å². The molecule has 3 N–H and O–H groups in total. The van der Waals surface area contributed by atoms with Crippen molar-refractivity contribution >= 4 is 33.7 Å². The summed E-state index contributed by atoms with van der Waals surface area (Å²) in [5.74, 6) is 0.0618. The second-order valence-corrected chi connectivity index (χ2v) is 8.03. The van der Waals surface area contributed by atoms with Crippen LogP contribution < -0.4 is 11.1 Å². The van der Waals surface area contributed by atoms with Gasteiger partial charge in [-0.25, -0.2) is 4.98 Å². The van der Waals surface area contributed by atoms with E-state index in [9.17, 15) is 4.79 Å². The number of aryl methyl sites for hydroxylation is 1. The number of carbonyl (C=O) groups excluding carboxylic acids is 1. The molecule has 1 aliphatic rings. The van der Waals surface area contributed by atoms with Crippen molar-refractivity contribution in [2.24, 2.45) is 0 Å². The maximum absolute atomic E-state index is 12.2. The summed E-state index contributed by atoms with van der Waals surface area (Å²) in [6.45, 7) is 4.91. The van der Waals surface area contributed by atoms with Gasteiger partial charge < -0.3 is 11.1 Å². The Morgan fingerprint density at radius 3 is 2.77 bits per heavy atom. The van der Waals surface area contributed by atoms with Gasteiger partial charge >= 0.3 is 0 Å². The third-order valence-corrected chi connectivity index (χ3v) is 5.65. The molecule has 3 heterocycles. The smallest absolute Gasteiger partial charge is 0.261 e. The SMILES string of the molecule is Cc1ccc(C(=O)NC2CCN(Cc3cnc(N)s3)CC2)s1. The molecule has 2 aromatic rings. The maximum atomic E-state index is 12.2. The van der Waals surface area contributed by atoms with E-state index in [0.717, 1.165) is 37.4 Å². The van der Waals surface area contributed by atoms with Crippen LogP contribution in [0.3, 0.4) is 0 Å². The van der Waals surface area contributed by atoms with Crippen LogP contribution in [0.2, 0.25) is 0 Å². The number of piperidine rings is 1. The van der Waals surface area contributed by atoms with Crippen LogP contribution in [0.4, 0.5) is 5.13 Å². The van der Waals surface area contributed by atoms with E-state index in [1.165, 1.54) is 9.75 Å². The summed E-state index contributed by atoms with van der Waals surface area (Å²) < 4.78 is 0. The Morgan fingerprint density at radius 1 is 1.41 bits per heavy atom. The molecule has 1 aliphatic heterocycles. The molecule has 2 aromatic heterocycles. The summed E-state index contributed by atoms with van der Waals surface area (Å²) in [5, 5.41) is 3.78. The molecule has 0 saturated carbocycles. The highest BCUT2D eigenvalue weighted by Crippen LogP contribution is 2.20. The molecule has 0 atom stereocenters. The van der Waals surface area contributed by atoms with Gasteiger partial charge in [0, 0.05) is 41.6 Å². The predicted octanol–water partition coefficient (Wildman–Crippen LogP) is 2.49. The molecular weight excluding hydrogens is 316 g/mol. The molecule has 0 radical (unpaired) electrons. The molecule has 0 bridgehead atoms. The molecule has 0 unspecified atom stereocenters. The number of amides is 1. The van der Waals surface area contributed by atoms with E-state index in [1.54, 1.807) is 22.7 Å². The Balaban J connectivity index is 1.46. The number of carbonyl (C=O) groups is 1. The van der Waals surface area contributed by atoms with Crippen LogP contribution >= 0.6 is 22.7 Å². The second-order valence-electron chi connectivity index (χ2n) is 5.60. The van der Waals surface area contributed by atoms with Crippen LogP contribution in [0.5, 0.6) is 0 Å². The fourth-order valence-corrected chi connectivity index (χ4v) is 4.16. The normalized spacial score (nSPS) is 16.8. The van der Waals surface area contributed by atoms with Gasteiger partial charge in [-0.1, -0.05) is 0 Å². The van der Waals surface area contributed by atoms with E-state index in [2.05, 4.69) is 15.2 Å². The van der Waals surface area contributed by atoms with Crippen molar-refractivity contribution in [1.82, 2.24) is 15.2 Å². The number of nitrogen functional groups attached to an aromatic ring is 1. The third-order valence-electron chi connectivity index (χ3n) is 3.84. The van der Waals surface area contributed by atoms with E-state index in [4.69, 9.17) is 5.73 Å². The zero-order valence-corrected chi connectivity index (χ0v) is 14.2. The molecule has 3 rings (SSSR count). The molecule has 0 spiro atoms. The first-order chi connectivity index (χ1) is 10.6. The minimum Gasteiger partial charge on any atom is -0.375 e. The molecule has 7 heteroatoms. The van der Waals surface area contributed by atoms with Crippen LogP contribution in [-0.2, 0) is 6.54 Å². The monoisotopic (exact) mass is 336 g/mol. The average Bonchev–Trinajstić information content (AvgIpc) is 3.10. The highest BCUT2D eigenvalue weighted by Gasteiger charge is 2.22. The number of hydrogen-bond acceptors (Lipinski definition) is 6. The molecule has 1 saturated heterocycles. The van der Waals surface area contributed by atoms with Gasteiger partial charge in [0.1, 0.15) is 0 Å². The zero-order valence-electron chi connectivity index (χ0n) is 12.5. The molecule has 0 aliphatic carbocycles. The zero-order chi connectivity index (χ0) is 15.5. The second kappa shape index (κ2) is 6.76. The van der Waals surface area contributed by atoms with Crippen LogP contribution in [0.1, 0.15) is 32.3 Å². The fraction of sp³-hybridized carbons (Fsp3) is 0.467. The number of aromatic nitrogens is 1. The highest BCUT2D eigenvalue weighted by molar-refractivity contribution is 7.15. The van der Waals surface area contributed by atoms with Gasteiger partial charge in [-0.15, -0.1) is 22.7 Å². The van der Waals surface area contributed by atoms with Crippen molar-refractivity contribution in [3.05, 3.63) is 33.0 Å². The van der Waals surface area contributed by atoms with E-state index >= 15 is 0 Å². The summed E-state index contributed by atoms with van der Waals surface area (Å²) in [4.78, 5) is 21.8. The first-order valence-electron chi connectivity index (χ1n) is 7.40. The van der Waals surface area contributed by atoms with E-state index in [1.807, 2.05) is 25.3 Å². The van der Waals surface area contributed by atoms with Gasteiger partial charge in [0.15, 0.2) is 5.13 Å². The lowest BCUT2D eigenvalue weighted by molar-refractivity contribution is 0.0913. The Hall–Kier alpha value is -1.44. The van der Waals surface area contributed by atoms with E-state index in [-0.39, 0.29) is 11.9 Å².